The zero-order valence-corrected chi connectivity index (χ0v) is 6.15. The number of hydrogen-bond donors (Lipinski definition) is 0. The van der Waals surface area contributed by atoms with Gasteiger partial charge in [-0.15, -0.1) is 0 Å². The van der Waals surface area contributed by atoms with Gasteiger partial charge in [0.05, 0.1) is 16.7 Å². The number of ether oxygens (including phenoxy) is 1. The van der Waals surface area contributed by atoms with Crippen LogP contribution in [0.2, 0.25) is 0 Å². The summed E-state index contributed by atoms with van der Waals surface area (Å²) in [7, 11) is -2.87. The highest BCUT2D eigenvalue weighted by Gasteiger charge is 2.34. The summed E-state index contributed by atoms with van der Waals surface area (Å²) in [5.74, 6) is -2.04. The lowest BCUT2D eigenvalue weighted by Gasteiger charge is -2.08. The van der Waals surface area contributed by atoms with Crippen LogP contribution in [-0.2, 0) is 6.18 Å². The molecule has 72 valence electrons. The van der Waals surface area contributed by atoms with E-state index in [0.717, 1.165) is 6.07 Å². The molecule has 0 amide bonds. The molecule has 0 spiro atoms. The number of halogens is 4. The van der Waals surface area contributed by atoms with Crippen LogP contribution < -0.4 is 4.74 Å². The van der Waals surface area contributed by atoms with Crippen LogP contribution >= 0.6 is 0 Å². The molecule has 0 bridgehead atoms. The van der Waals surface area contributed by atoms with E-state index in [9.17, 15) is 17.6 Å². The molecule has 0 heterocycles. The van der Waals surface area contributed by atoms with Crippen LogP contribution in [0.3, 0.4) is 0 Å². The molecule has 1 aromatic rings. The van der Waals surface area contributed by atoms with Crippen LogP contribution in [0, 0.1) is 5.82 Å². The summed E-state index contributed by atoms with van der Waals surface area (Å²) in [6, 6.07) is 1.63. The first-order valence-corrected chi connectivity index (χ1v) is 3.15. The molecule has 1 aromatic carbocycles. The van der Waals surface area contributed by atoms with E-state index < -0.39 is 30.3 Å². The summed E-state index contributed by atoms with van der Waals surface area (Å²) in [6.45, 7) is 0. The molecule has 5 heteroatoms. The van der Waals surface area contributed by atoms with Gasteiger partial charge in [-0.3, -0.25) is 0 Å². The maximum atomic E-state index is 12.8. The molecule has 0 saturated heterocycles. The Hall–Kier alpha value is -1.26. The van der Waals surface area contributed by atoms with Gasteiger partial charge in [-0.05, 0) is 18.2 Å². The van der Waals surface area contributed by atoms with Gasteiger partial charge >= 0.3 is 6.18 Å². The zero-order valence-electron chi connectivity index (χ0n) is 9.15. The molecule has 0 atom stereocenters. The predicted octanol–water partition coefficient (Wildman–Crippen LogP) is 2.85. The summed E-state index contributed by atoms with van der Waals surface area (Å²) >= 11 is 0. The maximum absolute atomic E-state index is 12.8. The molecular weight excluding hydrogens is 188 g/mol. The summed E-state index contributed by atoms with van der Waals surface area (Å²) in [4.78, 5) is 0. The van der Waals surface area contributed by atoms with Crippen molar-refractivity contribution in [2.24, 2.45) is 0 Å². The molecule has 0 saturated carbocycles. The molecule has 0 unspecified atom stereocenters. The Morgan fingerprint density at radius 3 is 2.62 bits per heavy atom. The molecule has 0 aliphatic heterocycles. The highest BCUT2D eigenvalue weighted by atomic mass is 19.4. The van der Waals surface area contributed by atoms with E-state index in [-0.39, 0.29) is 0 Å². The fraction of sp³-hybridized carbons (Fsp3) is 0.250. The van der Waals surface area contributed by atoms with Crippen molar-refractivity contribution in [3.05, 3.63) is 29.6 Å². The molecule has 0 N–H and O–H groups in total. The fourth-order valence-corrected chi connectivity index (χ4v) is 0.785. The van der Waals surface area contributed by atoms with Crippen LogP contribution in [0.4, 0.5) is 17.6 Å². The molecule has 1 nitrogen and oxygen atoms in total. The average Bonchev–Trinajstić information content (AvgIpc) is 2.04. The Morgan fingerprint density at radius 2 is 2.08 bits per heavy atom. The van der Waals surface area contributed by atoms with Crippen molar-refractivity contribution in [3.63, 3.8) is 0 Å². The Morgan fingerprint density at radius 1 is 1.38 bits per heavy atom. The Balaban J connectivity index is 3.09. The lowest BCUT2D eigenvalue weighted by molar-refractivity contribution is -0.140. The number of rotatable bonds is 1. The molecule has 0 radical (unpaired) electrons. The number of alkyl halides is 3. The monoisotopic (exact) mass is 197 g/mol. The standard InChI is InChI=1S/C8H6F4O/c1-13-5-2-3-7(9)6(4-5)8(10,11)12/h2-4H,1H3/i1D3. The van der Waals surface area contributed by atoms with Gasteiger partial charge in [-0.1, -0.05) is 0 Å². The van der Waals surface area contributed by atoms with Crippen molar-refractivity contribution in [1.29, 1.82) is 0 Å². The highest BCUT2D eigenvalue weighted by Crippen LogP contribution is 2.33. The van der Waals surface area contributed by atoms with Crippen molar-refractivity contribution < 1.29 is 26.4 Å². The van der Waals surface area contributed by atoms with E-state index in [4.69, 9.17) is 4.11 Å². The van der Waals surface area contributed by atoms with Crippen LogP contribution in [-0.4, -0.2) is 7.04 Å². The van der Waals surface area contributed by atoms with Gasteiger partial charge in [0.15, 0.2) is 0 Å². The van der Waals surface area contributed by atoms with Crippen LogP contribution in [0.1, 0.15) is 9.68 Å². The van der Waals surface area contributed by atoms with Crippen molar-refractivity contribution in [2.75, 3.05) is 7.04 Å². The van der Waals surface area contributed by atoms with Gasteiger partial charge in [0.2, 0.25) is 0 Å². The number of benzene rings is 1. The van der Waals surface area contributed by atoms with Gasteiger partial charge < -0.3 is 4.74 Å². The van der Waals surface area contributed by atoms with E-state index in [0.29, 0.717) is 12.1 Å². The van der Waals surface area contributed by atoms with Gasteiger partial charge in [-0.25, -0.2) is 4.39 Å². The summed E-state index contributed by atoms with van der Waals surface area (Å²) in [6.07, 6.45) is -4.89. The SMILES string of the molecule is [2H]C([2H])([2H])Oc1ccc(F)c(C(F)(F)F)c1. The number of hydrogen-bond acceptors (Lipinski definition) is 1. The van der Waals surface area contributed by atoms with Crippen molar-refractivity contribution >= 4 is 0 Å². The molecule has 0 fully saturated rings. The van der Waals surface area contributed by atoms with E-state index in [1.807, 2.05) is 0 Å². The second-order valence-electron chi connectivity index (χ2n) is 2.24. The van der Waals surface area contributed by atoms with Crippen LogP contribution in [0.25, 0.3) is 0 Å². The van der Waals surface area contributed by atoms with Gasteiger partial charge in [0.25, 0.3) is 0 Å². The molecule has 0 aliphatic carbocycles. The van der Waals surface area contributed by atoms with Crippen LogP contribution in [0.5, 0.6) is 5.75 Å². The van der Waals surface area contributed by atoms with E-state index in [1.54, 1.807) is 0 Å². The molecule has 13 heavy (non-hydrogen) atoms. The first-order chi connectivity index (χ1) is 7.09. The predicted molar refractivity (Wildman–Crippen MR) is 38.0 cm³/mol. The Bertz CT molecular complexity index is 386. The topological polar surface area (TPSA) is 9.23 Å². The summed E-state index contributed by atoms with van der Waals surface area (Å²) in [5, 5.41) is 0. The first kappa shape index (κ1) is 6.23. The average molecular weight is 197 g/mol. The number of methoxy groups -OCH3 is 1. The summed E-state index contributed by atoms with van der Waals surface area (Å²) < 4.78 is 73.7. The van der Waals surface area contributed by atoms with Gasteiger partial charge in [0, 0.05) is 0 Å². The Kier molecular flexibility index (Phi) is 1.55. The molecule has 0 aliphatic rings. The van der Waals surface area contributed by atoms with E-state index >= 15 is 0 Å². The molecular formula is C8H6F4O. The van der Waals surface area contributed by atoms with Crippen LogP contribution in [0.15, 0.2) is 18.2 Å². The van der Waals surface area contributed by atoms with Gasteiger partial charge in [0.1, 0.15) is 11.6 Å². The zero-order chi connectivity index (χ0) is 12.6. The Labute approximate surface area is 76.2 Å². The minimum absolute atomic E-state index is 0.307. The fourth-order valence-electron chi connectivity index (χ4n) is 0.785. The van der Waals surface area contributed by atoms with Gasteiger partial charge in [-0.2, -0.15) is 13.2 Å². The minimum atomic E-state index is -4.89. The second kappa shape index (κ2) is 3.24. The van der Waals surface area contributed by atoms with Crippen molar-refractivity contribution in [3.8, 4) is 5.75 Å². The maximum Gasteiger partial charge on any atom is 0.419 e. The van der Waals surface area contributed by atoms with Crippen molar-refractivity contribution in [2.45, 2.75) is 6.18 Å². The summed E-state index contributed by atoms with van der Waals surface area (Å²) in [5.41, 5.74) is -1.56. The second-order valence-corrected chi connectivity index (χ2v) is 2.24. The van der Waals surface area contributed by atoms with Crippen molar-refractivity contribution in [1.82, 2.24) is 0 Å². The minimum Gasteiger partial charge on any atom is -0.497 e. The quantitative estimate of drug-likeness (QED) is 0.629. The van der Waals surface area contributed by atoms with E-state index in [1.165, 1.54) is 0 Å². The first-order valence-electron chi connectivity index (χ1n) is 4.65. The third kappa shape index (κ3) is 2.11. The highest BCUT2D eigenvalue weighted by molar-refractivity contribution is 5.31. The lowest BCUT2D eigenvalue weighted by Crippen LogP contribution is -2.08. The molecule has 0 aromatic heterocycles. The smallest absolute Gasteiger partial charge is 0.419 e. The third-order valence-electron chi connectivity index (χ3n) is 1.36. The third-order valence-corrected chi connectivity index (χ3v) is 1.36. The molecule has 1 rings (SSSR count). The normalized spacial score (nSPS) is 15.8. The largest absolute Gasteiger partial charge is 0.497 e. The lowest BCUT2D eigenvalue weighted by atomic mass is 10.2. The van der Waals surface area contributed by atoms with E-state index in [2.05, 4.69) is 4.74 Å².